The number of carbonyl (C=O) groups is 3. The summed E-state index contributed by atoms with van der Waals surface area (Å²) in [6.07, 6.45) is 0.464. The third-order valence-corrected chi connectivity index (χ3v) is 5.17. The molecular weight excluding hydrogens is 344 g/mol. The standard InChI is InChI=1S/C16H16N4O4S/c21-13-3-4-14(22)20(13)16-18-11-2-1-10(9-12(11)25-16)17-15(23)19-5-7-24-8-6-19/h1-2,9H,3-8H2,(H,17,23). The van der Waals surface area contributed by atoms with E-state index in [-0.39, 0.29) is 30.7 Å². The fourth-order valence-electron chi connectivity index (χ4n) is 2.84. The summed E-state index contributed by atoms with van der Waals surface area (Å²) < 4.78 is 6.05. The van der Waals surface area contributed by atoms with Crippen molar-refractivity contribution in [3.8, 4) is 0 Å². The van der Waals surface area contributed by atoms with E-state index in [0.29, 0.717) is 42.6 Å². The van der Waals surface area contributed by atoms with Crippen molar-refractivity contribution in [3.63, 3.8) is 0 Å². The Morgan fingerprint density at radius 2 is 1.88 bits per heavy atom. The number of rotatable bonds is 2. The van der Waals surface area contributed by atoms with Crippen LogP contribution in [-0.2, 0) is 14.3 Å². The lowest BCUT2D eigenvalue weighted by atomic mass is 10.3. The largest absolute Gasteiger partial charge is 0.378 e. The maximum Gasteiger partial charge on any atom is 0.322 e. The van der Waals surface area contributed by atoms with E-state index in [4.69, 9.17) is 4.74 Å². The van der Waals surface area contributed by atoms with Crippen molar-refractivity contribution in [3.05, 3.63) is 18.2 Å². The molecule has 4 rings (SSSR count). The minimum atomic E-state index is -0.218. The highest BCUT2D eigenvalue weighted by molar-refractivity contribution is 7.22. The average molecular weight is 360 g/mol. The molecule has 2 aliphatic rings. The van der Waals surface area contributed by atoms with Gasteiger partial charge in [-0.15, -0.1) is 0 Å². The molecule has 25 heavy (non-hydrogen) atoms. The normalized spacial score (nSPS) is 18.2. The number of fused-ring (bicyclic) bond motifs is 1. The van der Waals surface area contributed by atoms with Crippen LogP contribution in [0.25, 0.3) is 10.2 Å². The zero-order chi connectivity index (χ0) is 17.4. The van der Waals surface area contributed by atoms with E-state index in [9.17, 15) is 14.4 Å². The van der Waals surface area contributed by atoms with Gasteiger partial charge in [0.25, 0.3) is 0 Å². The fraction of sp³-hybridized carbons (Fsp3) is 0.375. The van der Waals surface area contributed by atoms with Gasteiger partial charge in [0.05, 0.1) is 23.4 Å². The zero-order valence-corrected chi connectivity index (χ0v) is 14.2. The van der Waals surface area contributed by atoms with E-state index < -0.39 is 0 Å². The molecule has 1 aromatic carbocycles. The number of aromatic nitrogens is 1. The quantitative estimate of drug-likeness (QED) is 0.825. The first-order chi connectivity index (χ1) is 12.1. The average Bonchev–Trinajstić information content (AvgIpc) is 3.17. The number of imide groups is 1. The van der Waals surface area contributed by atoms with E-state index in [0.717, 1.165) is 9.60 Å². The second kappa shape index (κ2) is 6.41. The van der Waals surface area contributed by atoms with Crippen LogP contribution in [0, 0.1) is 0 Å². The number of benzene rings is 1. The van der Waals surface area contributed by atoms with E-state index in [1.165, 1.54) is 11.3 Å². The molecule has 130 valence electrons. The third kappa shape index (κ3) is 3.08. The Morgan fingerprint density at radius 3 is 2.60 bits per heavy atom. The molecule has 0 aliphatic carbocycles. The van der Waals surface area contributed by atoms with Gasteiger partial charge in [-0.1, -0.05) is 11.3 Å². The van der Waals surface area contributed by atoms with Gasteiger partial charge in [0.15, 0.2) is 5.13 Å². The van der Waals surface area contributed by atoms with Gasteiger partial charge in [0.1, 0.15) is 0 Å². The molecule has 2 aliphatic heterocycles. The monoisotopic (exact) mass is 360 g/mol. The molecule has 2 saturated heterocycles. The molecule has 0 bridgehead atoms. The summed E-state index contributed by atoms with van der Waals surface area (Å²) in [7, 11) is 0. The van der Waals surface area contributed by atoms with Gasteiger partial charge >= 0.3 is 6.03 Å². The molecule has 3 heterocycles. The van der Waals surface area contributed by atoms with Gasteiger partial charge in [0, 0.05) is 31.6 Å². The Bertz CT molecular complexity index is 843. The van der Waals surface area contributed by atoms with Crippen LogP contribution in [0.4, 0.5) is 15.6 Å². The number of morpholine rings is 1. The number of urea groups is 1. The first-order valence-corrected chi connectivity index (χ1v) is 8.83. The summed E-state index contributed by atoms with van der Waals surface area (Å²) >= 11 is 1.27. The highest BCUT2D eigenvalue weighted by Crippen LogP contribution is 2.33. The molecule has 4 amide bonds. The van der Waals surface area contributed by atoms with Crippen molar-refractivity contribution in [2.45, 2.75) is 12.8 Å². The van der Waals surface area contributed by atoms with Crippen LogP contribution >= 0.6 is 11.3 Å². The van der Waals surface area contributed by atoms with Crippen LogP contribution in [0.3, 0.4) is 0 Å². The van der Waals surface area contributed by atoms with Crippen molar-refractivity contribution in [1.82, 2.24) is 9.88 Å². The lowest BCUT2D eigenvalue weighted by molar-refractivity contribution is -0.121. The maximum absolute atomic E-state index is 12.3. The molecule has 0 unspecified atom stereocenters. The summed E-state index contributed by atoms with van der Waals surface area (Å²) in [4.78, 5) is 43.2. The van der Waals surface area contributed by atoms with E-state index in [1.54, 1.807) is 23.1 Å². The molecular formula is C16H16N4O4S. The summed E-state index contributed by atoms with van der Waals surface area (Å²) in [5.41, 5.74) is 1.34. The molecule has 0 spiro atoms. The maximum atomic E-state index is 12.3. The molecule has 1 aromatic heterocycles. The van der Waals surface area contributed by atoms with Crippen LogP contribution in [0.15, 0.2) is 18.2 Å². The van der Waals surface area contributed by atoms with Crippen LogP contribution < -0.4 is 10.2 Å². The second-order valence-corrected chi connectivity index (χ2v) is 6.84. The van der Waals surface area contributed by atoms with Crippen molar-refractivity contribution >= 4 is 50.2 Å². The molecule has 1 N–H and O–H groups in total. The number of hydrogen-bond acceptors (Lipinski definition) is 6. The predicted molar refractivity (Wildman–Crippen MR) is 92.8 cm³/mol. The molecule has 8 nitrogen and oxygen atoms in total. The Kier molecular flexibility index (Phi) is 4.10. The van der Waals surface area contributed by atoms with Crippen LogP contribution in [0.5, 0.6) is 0 Å². The molecule has 2 fully saturated rings. The number of carbonyl (C=O) groups excluding carboxylic acids is 3. The number of anilines is 2. The number of thiazole rings is 1. The lowest BCUT2D eigenvalue weighted by Gasteiger charge is -2.26. The highest BCUT2D eigenvalue weighted by atomic mass is 32.1. The molecule has 9 heteroatoms. The van der Waals surface area contributed by atoms with Crippen LogP contribution in [0.2, 0.25) is 0 Å². The summed E-state index contributed by atoms with van der Waals surface area (Å²) in [5.74, 6) is -0.435. The topological polar surface area (TPSA) is 91.8 Å². The van der Waals surface area contributed by atoms with E-state index in [1.807, 2.05) is 0 Å². The summed E-state index contributed by atoms with van der Waals surface area (Å²) in [6, 6.07) is 5.17. The van der Waals surface area contributed by atoms with Crippen LogP contribution in [-0.4, -0.2) is 54.0 Å². The molecule has 0 saturated carbocycles. The van der Waals surface area contributed by atoms with E-state index >= 15 is 0 Å². The Labute approximate surface area is 147 Å². The Balaban J connectivity index is 1.55. The molecule has 0 atom stereocenters. The Morgan fingerprint density at radius 1 is 1.16 bits per heavy atom. The van der Waals surface area contributed by atoms with Crippen molar-refractivity contribution in [2.75, 3.05) is 36.5 Å². The minimum absolute atomic E-state index is 0.169. The predicted octanol–water partition coefficient (Wildman–Crippen LogP) is 1.81. The van der Waals surface area contributed by atoms with Gasteiger partial charge in [-0.05, 0) is 18.2 Å². The zero-order valence-electron chi connectivity index (χ0n) is 13.4. The van der Waals surface area contributed by atoms with E-state index in [2.05, 4.69) is 10.3 Å². The van der Waals surface area contributed by atoms with Crippen molar-refractivity contribution in [2.24, 2.45) is 0 Å². The van der Waals surface area contributed by atoms with Crippen LogP contribution in [0.1, 0.15) is 12.8 Å². The minimum Gasteiger partial charge on any atom is -0.378 e. The highest BCUT2D eigenvalue weighted by Gasteiger charge is 2.32. The van der Waals surface area contributed by atoms with Gasteiger partial charge < -0.3 is 15.0 Å². The van der Waals surface area contributed by atoms with Gasteiger partial charge in [0.2, 0.25) is 11.8 Å². The fourth-order valence-corrected chi connectivity index (χ4v) is 3.88. The third-order valence-electron chi connectivity index (χ3n) is 4.17. The second-order valence-electron chi connectivity index (χ2n) is 5.83. The van der Waals surface area contributed by atoms with Crippen molar-refractivity contribution < 1.29 is 19.1 Å². The first kappa shape index (κ1) is 16.0. The first-order valence-electron chi connectivity index (χ1n) is 8.02. The Hall–Kier alpha value is -2.52. The number of ether oxygens (including phenoxy) is 1. The van der Waals surface area contributed by atoms with Gasteiger partial charge in [-0.2, -0.15) is 0 Å². The summed E-state index contributed by atoms with van der Waals surface area (Å²) in [6.45, 7) is 2.22. The summed E-state index contributed by atoms with van der Waals surface area (Å²) in [5, 5.41) is 3.25. The number of amides is 4. The molecule has 0 radical (unpaired) electrons. The smallest absolute Gasteiger partial charge is 0.322 e. The van der Waals surface area contributed by atoms with Crippen molar-refractivity contribution in [1.29, 1.82) is 0 Å². The van der Waals surface area contributed by atoms with Gasteiger partial charge in [-0.3, -0.25) is 9.59 Å². The number of nitrogens with one attached hydrogen (secondary N) is 1. The van der Waals surface area contributed by atoms with Gasteiger partial charge in [-0.25, -0.2) is 14.7 Å². The number of nitrogens with zero attached hydrogens (tertiary/aromatic N) is 3. The SMILES string of the molecule is O=C(Nc1ccc2nc(N3C(=O)CCC3=O)sc2c1)N1CCOCC1. The number of hydrogen-bond donors (Lipinski definition) is 1. The molecule has 2 aromatic rings. The lowest BCUT2D eigenvalue weighted by Crippen LogP contribution is -2.43.